The first kappa shape index (κ1) is 20.0. The molecule has 3 rings (SSSR count). The molecule has 1 aliphatic heterocycles. The first-order chi connectivity index (χ1) is 13.5. The number of amides is 1. The van der Waals surface area contributed by atoms with Gasteiger partial charge >= 0.3 is 0 Å². The molecule has 6 nitrogen and oxygen atoms in total. The molecule has 1 saturated heterocycles. The molecule has 1 fully saturated rings. The molecule has 1 aliphatic rings. The van der Waals surface area contributed by atoms with Crippen molar-refractivity contribution in [2.75, 3.05) is 32.6 Å². The van der Waals surface area contributed by atoms with Crippen LogP contribution in [0.4, 0.5) is 5.69 Å². The molecule has 6 heteroatoms. The minimum absolute atomic E-state index is 0.209. The number of benzene rings is 2. The van der Waals surface area contributed by atoms with E-state index in [0.717, 1.165) is 37.4 Å². The van der Waals surface area contributed by atoms with Gasteiger partial charge in [0.05, 0.1) is 7.11 Å². The summed E-state index contributed by atoms with van der Waals surface area (Å²) in [6, 6.07) is 14.6. The van der Waals surface area contributed by atoms with Crippen LogP contribution in [-0.4, -0.2) is 50.3 Å². The molecule has 0 spiro atoms. The molecule has 0 aromatic heterocycles. The molecule has 1 atom stereocenters. The zero-order chi connectivity index (χ0) is 19.9. The second-order valence-corrected chi connectivity index (χ2v) is 7.07. The Kier molecular flexibility index (Phi) is 6.76. The van der Waals surface area contributed by atoms with Gasteiger partial charge in [0.25, 0.3) is 5.91 Å². The van der Waals surface area contributed by atoms with Crippen LogP contribution in [0.3, 0.4) is 0 Å². The highest BCUT2D eigenvalue weighted by atomic mass is 16.5. The largest absolute Gasteiger partial charge is 0.497 e. The van der Waals surface area contributed by atoms with E-state index in [0.29, 0.717) is 11.4 Å². The third-order valence-corrected chi connectivity index (χ3v) is 4.83. The number of nitrogens with one attached hydrogen (secondary N) is 1. The van der Waals surface area contributed by atoms with Gasteiger partial charge in [-0.1, -0.05) is 0 Å². The maximum Gasteiger partial charge on any atom is 0.265 e. The molecule has 1 heterocycles. The van der Waals surface area contributed by atoms with E-state index in [1.165, 1.54) is 0 Å². The van der Waals surface area contributed by atoms with E-state index in [1.807, 2.05) is 24.3 Å². The fraction of sp³-hybridized carbons (Fsp3) is 0.409. The van der Waals surface area contributed by atoms with E-state index >= 15 is 0 Å². The number of ether oxygens (including phenoxy) is 3. The lowest BCUT2D eigenvalue weighted by atomic mass is 10.1. The van der Waals surface area contributed by atoms with Crippen LogP contribution in [0.2, 0.25) is 0 Å². The molecule has 0 bridgehead atoms. The van der Waals surface area contributed by atoms with Gasteiger partial charge in [-0.25, -0.2) is 0 Å². The minimum Gasteiger partial charge on any atom is -0.497 e. The average Bonchev–Trinajstić information content (AvgIpc) is 2.71. The highest BCUT2D eigenvalue weighted by Gasteiger charge is 2.18. The van der Waals surface area contributed by atoms with E-state index < -0.39 is 6.10 Å². The van der Waals surface area contributed by atoms with Gasteiger partial charge in [0.1, 0.15) is 23.4 Å². The Morgan fingerprint density at radius 3 is 2.18 bits per heavy atom. The molecule has 1 N–H and O–H groups in total. The van der Waals surface area contributed by atoms with Gasteiger partial charge in [0.15, 0.2) is 6.10 Å². The SMILES string of the molecule is COc1ccc(O[C@@H](C)C(=O)Nc2ccc(OC3CCN(C)CC3)cc2)cc1. The van der Waals surface area contributed by atoms with Gasteiger partial charge in [0, 0.05) is 18.8 Å². The predicted molar refractivity (Wildman–Crippen MR) is 109 cm³/mol. The average molecular weight is 384 g/mol. The van der Waals surface area contributed by atoms with Crippen LogP contribution in [0.25, 0.3) is 0 Å². The van der Waals surface area contributed by atoms with Gasteiger partial charge in [-0.3, -0.25) is 4.79 Å². The number of anilines is 1. The van der Waals surface area contributed by atoms with Crippen molar-refractivity contribution in [3.05, 3.63) is 48.5 Å². The van der Waals surface area contributed by atoms with Crippen LogP contribution in [0.15, 0.2) is 48.5 Å². The summed E-state index contributed by atoms with van der Waals surface area (Å²) < 4.78 is 16.8. The molecule has 0 unspecified atom stereocenters. The van der Waals surface area contributed by atoms with Gasteiger partial charge < -0.3 is 24.4 Å². The van der Waals surface area contributed by atoms with E-state index in [-0.39, 0.29) is 12.0 Å². The Balaban J connectivity index is 1.49. The summed E-state index contributed by atoms with van der Waals surface area (Å²) in [6.07, 6.45) is 1.71. The standard InChI is InChI=1S/C22H28N2O4/c1-16(27-19-10-8-18(26-3)9-11-19)22(25)23-17-4-6-20(7-5-17)28-21-12-14-24(2)15-13-21/h4-11,16,21H,12-15H2,1-3H3,(H,23,25)/t16-/m0/s1. The number of hydrogen-bond acceptors (Lipinski definition) is 5. The van der Waals surface area contributed by atoms with Crippen molar-refractivity contribution in [2.45, 2.75) is 32.0 Å². The van der Waals surface area contributed by atoms with Gasteiger partial charge in [0.2, 0.25) is 0 Å². The van der Waals surface area contributed by atoms with Crippen LogP contribution in [0, 0.1) is 0 Å². The Morgan fingerprint density at radius 1 is 1.00 bits per heavy atom. The Hall–Kier alpha value is -2.73. The van der Waals surface area contributed by atoms with Crippen LogP contribution >= 0.6 is 0 Å². The van der Waals surface area contributed by atoms with Crippen LogP contribution in [-0.2, 0) is 4.79 Å². The van der Waals surface area contributed by atoms with Gasteiger partial charge in [-0.15, -0.1) is 0 Å². The molecular weight excluding hydrogens is 356 g/mol. The third-order valence-electron chi connectivity index (χ3n) is 4.83. The summed E-state index contributed by atoms with van der Waals surface area (Å²) in [6.45, 7) is 3.84. The first-order valence-electron chi connectivity index (χ1n) is 9.60. The number of likely N-dealkylation sites (tertiary alicyclic amines) is 1. The normalized spacial score (nSPS) is 16.2. The lowest BCUT2D eigenvalue weighted by Crippen LogP contribution is -2.35. The van der Waals surface area contributed by atoms with Crippen LogP contribution in [0.5, 0.6) is 17.2 Å². The number of nitrogens with zero attached hydrogens (tertiary/aromatic N) is 1. The Bertz CT molecular complexity index is 753. The number of rotatable bonds is 7. The molecule has 2 aromatic carbocycles. The lowest BCUT2D eigenvalue weighted by molar-refractivity contribution is -0.122. The monoisotopic (exact) mass is 384 g/mol. The maximum absolute atomic E-state index is 12.4. The molecule has 1 amide bonds. The molecule has 0 radical (unpaired) electrons. The summed E-state index contributed by atoms with van der Waals surface area (Å²) in [5.74, 6) is 1.98. The topological polar surface area (TPSA) is 60.0 Å². The highest BCUT2D eigenvalue weighted by Crippen LogP contribution is 2.22. The number of hydrogen-bond donors (Lipinski definition) is 1. The molecule has 150 valence electrons. The summed E-state index contributed by atoms with van der Waals surface area (Å²) >= 11 is 0. The second kappa shape index (κ2) is 9.46. The van der Waals surface area contributed by atoms with E-state index in [4.69, 9.17) is 14.2 Å². The zero-order valence-electron chi connectivity index (χ0n) is 16.7. The number of methoxy groups -OCH3 is 1. The summed E-state index contributed by atoms with van der Waals surface area (Å²) in [7, 11) is 3.74. The summed E-state index contributed by atoms with van der Waals surface area (Å²) in [5.41, 5.74) is 0.714. The zero-order valence-corrected chi connectivity index (χ0v) is 16.7. The van der Waals surface area contributed by atoms with Gasteiger partial charge in [-0.2, -0.15) is 0 Å². The van der Waals surface area contributed by atoms with Crippen molar-refractivity contribution in [3.63, 3.8) is 0 Å². The summed E-state index contributed by atoms with van der Waals surface area (Å²) in [5, 5.41) is 2.87. The van der Waals surface area contributed by atoms with Crippen molar-refractivity contribution in [3.8, 4) is 17.2 Å². The molecule has 2 aromatic rings. The number of carbonyl (C=O) groups is 1. The van der Waals surface area contributed by atoms with Crippen LogP contribution < -0.4 is 19.5 Å². The van der Waals surface area contributed by atoms with Crippen LogP contribution in [0.1, 0.15) is 19.8 Å². The molecule has 28 heavy (non-hydrogen) atoms. The Morgan fingerprint density at radius 2 is 1.57 bits per heavy atom. The third kappa shape index (κ3) is 5.63. The molecule has 0 saturated carbocycles. The fourth-order valence-corrected chi connectivity index (χ4v) is 3.07. The number of carbonyl (C=O) groups excluding carboxylic acids is 1. The smallest absolute Gasteiger partial charge is 0.265 e. The van der Waals surface area contributed by atoms with Gasteiger partial charge in [-0.05, 0) is 75.3 Å². The van der Waals surface area contributed by atoms with Crippen molar-refractivity contribution in [2.24, 2.45) is 0 Å². The van der Waals surface area contributed by atoms with Crippen molar-refractivity contribution in [1.82, 2.24) is 4.90 Å². The molecule has 0 aliphatic carbocycles. The quantitative estimate of drug-likeness (QED) is 0.791. The highest BCUT2D eigenvalue weighted by molar-refractivity contribution is 5.94. The predicted octanol–water partition coefficient (Wildman–Crippen LogP) is 3.57. The van der Waals surface area contributed by atoms with Crippen molar-refractivity contribution in [1.29, 1.82) is 0 Å². The van der Waals surface area contributed by atoms with E-state index in [1.54, 1.807) is 38.3 Å². The minimum atomic E-state index is -0.622. The second-order valence-electron chi connectivity index (χ2n) is 7.07. The summed E-state index contributed by atoms with van der Waals surface area (Å²) in [4.78, 5) is 14.7. The van der Waals surface area contributed by atoms with Crippen molar-refractivity contribution >= 4 is 11.6 Å². The van der Waals surface area contributed by atoms with E-state index in [9.17, 15) is 4.79 Å². The van der Waals surface area contributed by atoms with E-state index in [2.05, 4.69) is 17.3 Å². The fourth-order valence-electron chi connectivity index (χ4n) is 3.07. The first-order valence-corrected chi connectivity index (χ1v) is 9.60. The number of piperidine rings is 1. The van der Waals surface area contributed by atoms with Crippen molar-refractivity contribution < 1.29 is 19.0 Å². The lowest BCUT2D eigenvalue weighted by Gasteiger charge is -2.29. The Labute approximate surface area is 166 Å². The molecular formula is C22H28N2O4. The maximum atomic E-state index is 12.4.